The standard InChI is InChI=1S/C17H20BrNOS/c1-12-5-3-4-6-17(12)21-11-14(19)9-13-10-15(20-2)7-8-16(13)18/h3-8,10,14H,9,11,19H2,1-2H3. The van der Waals surface area contributed by atoms with Crippen molar-refractivity contribution in [3.05, 3.63) is 58.1 Å². The summed E-state index contributed by atoms with van der Waals surface area (Å²) in [7, 11) is 1.68. The van der Waals surface area contributed by atoms with Gasteiger partial charge in [-0.1, -0.05) is 34.1 Å². The van der Waals surface area contributed by atoms with E-state index in [1.165, 1.54) is 16.0 Å². The Morgan fingerprint density at radius 1 is 1.24 bits per heavy atom. The van der Waals surface area contributed by atoms with Crippen LogP contribution in [0.2, 0.25) is 0 Å². The maximum Gasteiger partial charge on any atom is 0.119 e. The van der Waals surface area contributed by atoms with Crippen molar-refractivity contribution in [2.45, 2.75) is 24.3 Å². The molecule has 0 bridgehead atoms. The van der Waals surface area contributed by atoms with Crippen LogP contribution in [0.4, 0.5) is 0 Å². The van der Waals surface area contributed by atoms with E-state index in [4.69, 9.17) is 10.5 Å². The fourth-order valence-electron chi connectivity index (χ4n) is 2.09. The van der Waals surface area contributed by atoms with E-state index in [1.807, 2.05) is 30.0 Å². The molecule has 0 fully saturated rings. The predicted octanol–water partition coefficient (Wildman–Crippen LogP) is 4.43. The van der Waals surface area contributed by atoms with Crippen molar-refractivity contribution in [2.24, 2.45) is 5.73 Å². The first-order valence-corrected chi connectivity index (χ1v) is 8.64. The van der Waals surface area contributed by atoms with Crippen LogP contribution >= 0.6 is 27.7 Å². The minimum absolute atomic E-state index is 0.109. The highest BCUT2D eigenvalue weighted by atomic mass is 79.9. The van der Waals surface area contributed by atoms with Gasteiger partial charge in [-0.25, -0.2) is 0 Å². The third-order valence-corrected chi connectivity index (χ3v) is 5.42. The molecule has 0 radical (unpaired) electrons. The van der Waals surface area contributed by atoms with Crippen LogP contribution < -0.4 is 10.5 Å². The van der Waals surface area contributed by atoms with Crippen molar-refractivity contribution in [2.75, 3.05) is 12.9 Å². The Bertz CT molecular complexity index is 603. The number of hydrogen-bond donors (Lipinski definition) is 1. The van der Waals surface area contributed by atoms with Crippen molar-refractivity contribution >= 4 is 27.7 Å². The van der Waals surface area contributed by atoms with Crippen LogP contribution in [0.1, 0.15) is 11.1 Å². The number of rotatable bonds is 6. The van der Waals surface area contributed by atoms with Gasteiger partial charge in [0, 0.05) is 21.2 Å². The Kier molecular flexibility index (Phi) is 6.15. The summed E-state index contributed by atoms with van der Waals surface area (Å²) in [6.45, 7) is 2.13. The zero-order valence-corrected chi connectivity index (χ0v) is 14.7. The Hall–Kier alpha value is -0.970. The molecular formula is C17H20BrNOS. The SMILES string of the molecule is COc1ccc(Br)c(CC(N)CSc2ccccc2C)c1. The second-order valence-electron chi connectivity index (χ2n) is 5.00. The zero-order valence-electron chi connectivity index (χ0n) is 12.3. The molecule has 0 heterocycles. The van der Waals surface area contributed by atoms with Gasteiger partial charge in [0.15, 0.2) is 0 Å². The van der Waals surface area contributed by atoms with E-state index in [-0.39, 0.29) is 6.04 Å². The number of ether oxygens (including phenoxy) is 1. The molecular weight excluding hydrogens is 346 g/mol. The number of methoxy groups -OCH3 is 1. The summed E-state index contributed by atoms with van der Waals surface area (Å²) in [5, 5.41) is 0. The summed E-state index contributed by atoms with van der Waals surface area (Å²) in [5.41, 5.74) is 8.77. The molecule has 21 heavy (non-hydrogen) atoms. The number of nitrogens with two attached hydrogens (primary N) is 1. The van der Waals surface area contributed by atoms with Crippen LogP contribution in [0, 0.1) is 6.92 Å². The number of aryl methyl sites for hydroxylation is 1. The highest BCUT2D eigenvalue weighted by Gasteiger charge is 2.10. The second-order valence-corrected chi connectivity index (χ2v) is 6.91. The number of halogens is 1. The first-order chi connectivity index (χ1) is 10.1. The molecule has 2 N–H and O–H groups in total. The minimum Gasteiger partial charge on any atom is -0.497 e. The summed E-state index contributed by atoms with van der Waals surface area (Å²) >= 11 is 5.40. The van der Waals surface area contributed by atoms with Crippen molar-refractivity contribution < 1.29 is 4.74 Å². The van der Waals surface area contributed by atoms with Crippen LogP contribution in [-0.4, -0.2) is 18.9 Å². The Morgan fingerprint density at radius 2 is 2.00 bits per heavy atom. The molecule has 0 amide bonds. The van der Waals surface area contributed by atoms with Crippen LogP contribution in [-0.2, 0) is 6.42 Å². The average Bonchev–Trinajstić information content (AvgIpc) is 2.48. The lowest BCUT2D eigenvalue weighted by Gasteiger charge is -2.14. The van der Waals surface area contributed by atoms with E-state index in [0.717, 1.165) is 22.4 Å². The monoisotopic (exact) mass is 365 g/mol. The summed E-state index contributed by atoms with van der Waals surface area (Å²) in [6.07, 6.45) is 0.830. The van der Waals surface area contributed by atoms with Crippen LogP contribution in [0.25, 0.3) is 0 Å². The van der Waals surface area contributed by atoms with Gasteiger partial charge in [0.05, 0.1) is 7.11 Å². The van der Waals surface area contributed by atoms with Gasteiger partial charge >= 0.3 is 0 Å². The van der Waals surface area contributed by atoms with E-state index in [2.05, 4.69) is 47.1 Å². The van der Waals surface area contributed by atoms with Gasteiger partial charge in [-0.2, -0.15) is 0 Å². The Balaban J connectivity index is 1.96. The van der Waals surface area contributed by atoms with Crippen LogP contribution in [0.15, 0.2) is 51.8 Å². The van der Waals surface area contributed by atoms with Gasteiger partial charge < -0.3 is 10.5 Å². The maximum atomic E-state index is 6.28. The molecule has 112 valence electrons. The molecule has 0 aliphatic rings. The number of thioether (sulfide) groups is 1. The molecule has 1 unspecified atom stereocenters. The van der Waals surface area contributed by atoms with Crippen LogP contribution in [0.5, 0.6) is 5.75 Å². The van der Waals surface area contributed by atoms with E-state index in [9.17, 15) is 0 Å². The average molecular weight is 366 g/mol. The largest absolute Gasteiger partial charge is 0.497 e. The fraction of sp³-hybridized carbons (Fsp3) is 0.294. The third kappa shape index (κ3) is 4.77. The Morgan fingerprint density at radius 3 is 2.71 bits per heavy atom. The topological polar surface area (TPSA) is 35.2 Å². The molecule has 2 aromatic rings. The van der Waals surface area contributed by atoms with Gasteiger partial charge in [-0.05, 0) is 48.7 Å². The van der Waals surface area contributed by atoms with Gasteiger partial charge in [-0.3, -0.25) is 0 Å². The molecule has 2 nitrogen and oxygen atoms in total. The van der Waals surface area contributed by atoms with Crippen molar-refractivity contribution in [1.82, 2.24) is 0 Å². The zero-order chi connectivity index (χ0) is 15.2. The first kappa shape index (κ1) is 16.4. The summed E-state index contributed by atoms with van der Waals surface area (Å²) in [5.74, 6) is 1.76. The smallest absolute Gasteiger partial charge is 0.119 e. The highest BCUT2D eigenvalue weighted by Crippen LogP contribution is 2.26. The number of hydrogen-bond acceptors (Lipinski definition) is 3. The van der Waals surface area contributed by atoms with Gasteiger partial charge in [0.2, 0.25) is 0 Å². The van der Waals surface area contributed by atoms with Crippen molar-refractivity contribution in [1.29, 1.82) is 0 Å². The molecule has 4 heteroatoms. The minimum atomic E-state index is 0.109. The highest BCUT2D eigenvalue weighted by molar-refractivity contribution is 9.10. The van der Waals surface area contributed by atoms with Gasteiger partial charge in [0.25, 0.3) is 0 Å². The molecule has 2 aromatic carbocycles. The quantitative estimate of drug-likeness (QED) is 0.769. The van der Waals surface area contributed by atoms with E-state index in [1.54, 1.807) is 7.11 Å². The summed E-state index contributed by atoms with van der Waals surface area (Å²) in [4.78, 5) is 1.30. The number of benzene rings is 2. The molecule has 0 saturated carbocycles. The second kappa shape index (κ2) is 7.87. The Labute approximate surface area is 139 Å². The molecule has 0 aromatic heterocycles. The fourth-order valence-corrected chi connectivity index (χ4v) is 3.48. The lowest BCUT2D eigenvalue weighted by atomic mass is 10.1. The lowest BCUT2D eigenvalue weighted by Crippen LogP contribution is -2.25. The van der Waals surface area contributed by atoms with Crippen molar-refractivity contribution in [3.63, 3.8) is 0 Å². The van der Waals surface area contributed by atoms with Gasteiger partial charge in [-0.15, -0.1) is 11.8 Å². The van der Waals surface area contributed by atoms with Gasteiger partial charge in [0.1, 0.15) is 5.75 Å². The predicted molar refractivity (Wildman–Crippen MR) is 94.3 cm³/mol. The maximum absolute atomic E-state index is 6.28. The lowest BCUT2D eigenvalue weighted by molar-refractivity contribution is 0.414. The van der Waals surface area contributed by atoms with E-state index in [0.29, 0.717) is 0 Å². The molecule has 1 atom stereocenters. The molecule has 0 saturated heterocycles. The summed E-state index contributed by atoms with van der Waals surface area (Å²) < 4.78 is 6.35. The van der Waals surface area contributed by atoms with Crippen LogP contribution in [0.3, 0.4) is 0 Å². The molecule has 0 aliphatic carbocycles. The van der Waals surface area contributed by atoms with E-state index < -0.39 is 0 Å². The summed E-state index contributed by atoms with van der Waals surface area (Å²) in [6, 6.07) is 14.5. The third-order valence-electron chi connectivity index (χ3n) is 3.28. The molecule has 2 rings (SSSR count). The van der Waals surface area contributed by atoms with Crippen molar-refractivity contribution in [3.8, 4) is 5.75 Å². The molecule has 0 spiro atoms. The van der Waals surface area contributed by atoms with E-state index >= 15 is 0 Å². The molecule has 0 aliphatic heterocycles. The normalized spacial score (nSPS) is 12.2. The first-order valence-electron chi connectivity index (χ1n) is 6.86.